The average Bonchev–Trinajstić information content (AvgIpc) is 2.53. The van der Waals surface area contributed by atoms with Crippen LogP contribution >= 0.6 is 11.3 Å². The van der Waals surface area contributed by atoms with Crippen LogP contribution in [-0.2, 0) is 0 Å². The fraction of sp³-hybridized carbons (Fsp3) is 0.455. The number of hydrazine groups is 1. The lowest BCUT2D eigenvalue weighted by Gasteiger charge is -2.13. The molecule has 0 bridgehead atoms. The Morgan fingerprint density at radius 3 is 2.79 bits per heavy atom. The first-order valence-electron chi connectivity index (χ1n) is 4.80. The van der Waals surface area contributed by atoms with Gasteiger partial charge in [-0.25, -0.2) is 0 Å². The van der Waals surface area contributed by atoms with Crippen molar-refractivity contribution >= 4 is 11.3 Å². The summed E-state index contributed by atoms with van der Waals surface area (Å²) >= 11 is 1.80. The highest BCUT2D eigenvalue weighted by Crippen LogP contribution is 2.26. The number of allylic oxidation sites excluding steroid dienone is 1. The topological polar surface area (TPSA) is 38.0 Å². The summed E-state index contributed by atoms with van der Waals surface area (Å²) in [6.07, 6.45) is 2.04. The first kappa shape index (κ1) is 11.4. The van der Waals surface area contributed by atoms with Gasteiger partial charge in [0.15, 0.2) is 0 Å². The molecule has 0 spiro atoms. The Kier molecular flexibility index (Phi) is 4.32. The number of nitrogens with two attached hydrogens (primary N) is 1. The molecule has 0 aliphatic heterocycles. The number of nitrogens with one attached hydrogen (secondary N) is 1. The Morgan fingerprint density at radius 1 is 1.64 bits per heavy atom. The van der Waals surface area contributed by atoms with E-state index < -0.39 is 0 Å². The Hall–Kier alpha value is -0.640. The Bertz CT molecular complexity index is 304. The van der Waals surface area contributed by atoms with Gasteiger partial charge in [0.25, 0.3) is 0 Å². The molecule has 1 unspecified atom stereocenters. The van der Waals surface area contributed by atoms with Gasteiger partial charge in [-0.1, -0.05) is 5.57 Å². The quantitative estimate of drug-likeness (QED) is 0.445. The van der Waals surface area contributed by atoms with Gasteiger partial charge < -0.3 is 0 Å². The first-order chi connectivity index (χ1) is 6.63. The van der Waals surface area contributed by atoms with Crippen LogP contribution in [0, 0.1) is 6.92 Å². The zero-order valence-corrected chi connectivity index (χ0v) is 9.66. The summed E-state index contributed by atoms with van der Waals surface area (Å²) in [5.41, 5.74) is 4.06. The molecule has 0 amide bonds. The van der Waals surface area contributed by atoms with E-state index >= 15 is 0 Å². The summed E-state index contributed by atoms with van der Waals surface area (Å²) in [7, 11) is 0. The lowest BCUT2D eigenvalue weighted by Crippen LogP contribution is -2.27. The van der Waals surface area contributed by atoms with Crippen molar-refractivity contribution in [2.45, 2.75) is 32.7 Å². The van der Waals surface area contributed by atoms with Crippen LogP contribution in [0.1, 0.15) is 35.6 Å². The summed E-state index contributed by atoms with van der Waals surface area (Å²) in [5, 5.41) is 0. The number of aryl methyl sites for hydroxylation is 1. The van der Waals surface area contributed by atoms with Gasteiger partial charge in [-0.2, -0.15) is 0 Å². The zero-order valence-electron chi connectivity index (χ0n) is 8.84. The van der Waals surface area contributed by atoms with Crippen molar-refractivity contribution in [1.82, 2.24) is 5.43 Å². The molecule has 1 atom stereocenters. The maximum absolute atomic E-state index is 5.53. The van der Waals surface area contributed by atoms with Gasteiger partial charge in [-0.3, -0.25) is 11.3 Å². The summed E-state index contributed by atoms with van der Waals surface area (Å²) in [4.78, 5) is 2.64. The minimum Gasteiger partial charge on any atom is -0.271 e. The lowest BCUT2D eigenvalue weighted by molar-refractivity contribution is 0.523. The second kappa shape index (κ2) is 5.29. The molecular weight excluding hydrogens is 192 g/mol. The van der Waals surface area contributed by atoms with Crippen LogP contribution in [-0.4, -0.2) is 0 Å². The van der Waals surface area contributed by atoms with Crippen LogP contribution in [0.3, 0.4) is 0 Å². The molecule has 0 saturated carbocycles. The van der Waals surface area contributed by atoms with Crippen LogP contribution in [0.15, 0.2) is 24.3 Å². The van der Waals surface area contributed by atoms with E-state index in [-0.39, 0.29) is 6.04 Å². The van der Waals surface area contributed by atoms with Gasteiger partial charge in [0.1, 0.15) is 0 Å². The fourth-order valence-corrected chi connectivity index (χ4v) is 2.31. The van der Waals surface area contributed by atoms with E-state index in [4.69, 9.17) is 5.84 Å². The number of hydrogen-bond donors (Lipinski definition) is 2. The monoisotopic (exact) mass is 210 g/mol. The van der Waals surface area contributed by atoms with E-state index in [9.17, 15) is 0 Å². The minimum absolute atomic E-state index is 0.269. The fourth-order valence-electron chi connectivity index (χ4n) is 1.34. The van der Waals surface area contributed by atoms with Gasteiger partial charge in [-0.05, 0) is 38.8 Å². The number of thiophene rings is 1. The van der Waals surface area contributed by atoms with Crippen molar-refractivity contribution in [3.05, 3.63) is 34.0 Å². The normalized spacial score (nSPS) is 12.8. The van der Waals surface area contributed by atoms with Crippen LogP contribution in [0.2, 0.25) is 0 Å². The summed E-state index contributed by atoms with van der Waals surface area (Å²) < 4.78 is 0. The van der Waals surface area contributed by atoms with Crippen molar-refractivity contribution in [3.8, 4) is 0 Å². The van der Waals surface area contributed by atoms with Gasteiger partial charge in [-0.15, -0.1) is 17.9 Å². The van der Waals surface area contributed by atoms with Crippen LogP contribution in [0.5, 0.6) is 0 Å². The van der Waals surface area contributed by atoms with E-state index in [1.807, 2.05) is 6.92 Å². The van der Waals surface area contributed by atoms with Crippen LogP contribution < -0.4 is 11.3 Å². The molecule has 3 N–H and O–H groups in total. The molecule has 14 heavy (non-hydrogen) atoms. The van der Waals surface area contributed by atoms with Crippen molar-refractivity contribution in [2.24, 2.45) is 5.84 Å². The maximum Gasteiger partial charge on any atom is 0.0556 e. The highest BCUT2D eigenvalue weighted by Gasteiger charge is 2.10. The highest BCUT2D eigenvalue weighted by molar-refractivity contribution is 7.12. The average molecular weight is 210 g/mol. The highest BCUT2D eigenvalue weighted by atomic mass is 32.1. The Morgan fingerprint density at radius 2 is 2.36 bits per heavy atom. The van der Waals surface area contributed by atoms with Crippen molar-refractivity contribution in [2.75, 3.05) is 0 Å². The molecule has 0 radical (unpaired) electrons. The zero-order chi connectivity index (χ0) is 10.6. The van der Waals surface area contributed by atoms with Crippen molar-refractivity contribution in [1.29, 1.82) is 0 Å². The number of rotatable bonds is 5. The molecule has 0 aliphatic rings. The third kappa shape index (κ3) is 3.25. The van der Waals surface area contributed by atoms with Gasteiger partial charge >= 0.3 is 0 Å². The number of hydrogen-bond acceptors (Lipinski definition) is 3. The molecule has 1 aromatic rings. The standard InChI is InChI=1S/C11H18N2S/c1-8(2)4-6-10(13-12)11-7-5-9(3)14-11/h5,7,10,13H,1,4,6,12H2,2-3H3. The summed E-state index contributed by atoms with van der Waals surface area (Å²) in [6.45, 7) is 8.06. The molecule has 0 aliphatic carbocycles. The third-order valence-corrected chi connectivity index (χ3v) is 3.28. The molecule has 2 nitrogen and oxygen atoms in total. The third-order valence-electron chi connectivity index (χ3n) is 2.17. The van der Waals surface area contributed by atoms with E-state index in [2.05, 4.69) is 31.1 Å². The Balaban J connectivity index is 2.58. The molecule has 1 aromatic heterocycles. The predicted octanol–water partition coefficient (Wildman–Crippen LogP) is 2.92. The van der Waals surface area contributed by atoms with Gasteiger partial charge in [0.05, 0.1) is 6.04 Å². The second-order valence-electron chi connectivity index (χ2n) is 3.66. The predicted molar refractivity (Wildman–Crippen MR) is 63.2 cm³/mol. The van der Waals surface area contributed by atoms with E-state index in [1.165, 1.54) is 15.3 Å². The van der Waals surface area contributed by atoms with Gasteiger partial charge in [0, 0.05) is 9.75 Å². The van der Waals surface area contributed by atoms with Crippen molar-refractivity contribution in [3.63, 3.8) is 0 Å². The molecule has 1 rings (SSSR count). The summed E-state index contributed by atoms with van der Waals surface area (Å²) in [6, 6.07) is 4.54. The molecule has 0 saturated heterocycles. The molecular formula is C11H18N2S. The van der Waals surface area contributed by atoms with Crippen molar-refractivity contribution < 1.29 is 0 Å². The molecule has 0 aromatic carbocycles. The van der Waals surface area contributed by atoms with Crippen LogP contribution in [0.4, 0.5) is 0 Å². The largest absolute Gasteiger partial charge is 0.271 e. The van der Waals surface area contributed by atoms with E-state index in [1.54, 1.807) is 11.3 Å². The minimum atomic E-state index is 0.269. The molecule has 78 valence electrons. The lowest BCUT2D eigenvalue weighted by atomic mass is 10.1. The van der Waals surface area contributed by atoms with Gasteiger partial charge in [0.2, 0.25) is 0 Å². The SMILES string of the molecule is C=C(C)CCC(NN)c1ccc(C)s1. The second-order valence-corrected chi connectivity index (χ2v) is 4.98. The molecule has 3 heteroatoms. The first-order valence-corrected chi connectivity index (χ1v) is 5.62. The Labute approximate surface area is 89.8 Å². The van der Waals surface area contributed by atoms with E-state index in [0.29, 0.717) is 0 Å². The smallest absolute Gasteiger partial charge is 0.0556 e. The van der Waals surface area contributed by atoms with E-state index in [0.717, 1.165) is 12.8 Å². The summed E-state index contributed by atoms with van der Waals surface area (Å²) in [5.74, 6) is 5.53. The molecule has 1 heterocycles. The maximum atomic E-state index is 5.53. The molecule has 0 fully saturated rings. The van der Waals surface area contributed by atoms with Crippen LogP contribution in [0.25, 0.3) is 0 Å².